The van der Waals surface area contributed by atoms with Crippen LogP contribution in [0.5, 0.6) is 5.75 Å². The average Bonchev–Trinajstić information content (AvgIpc) is 2.28. The van der Waals surface area contributed by atoms with E-state index < -0.39 is 6.10 Å². The van der Waals surface area contributed by atoms with Crippen LogP contribution in [0, 0.1) is 0 Å². The van der Waals surface area contributed by atoms with Gasteiger partial charge in [-0.3, -0.25) is 4.79 Å². The number of Topliss-reactive ketones (excluding diaryl/α,β-unsaturated/α-hetero) is 1. The van der Waals surface area contributed by atoms with Crippen LogP contribution in [0.2, 0.25) is 0 Å². The highest BCUT2D eigenvalue weighted by atomic mass is 35.5. The van der Waals surface area contributed by atoms with Crippen molar-refractivity contribution in [2.45, 2.75) is 32.8 Å². The summed E-state index contributed by atoms with van der Waals surface area (Å²) in [6, 6.07) is 7.79. The minimum Gasteiger partial charge on any atom is -0.483 e. The number of rotatable bonds is 5. The number of benzene rings is 1. The highest BCUT2D eigenvalue weighted by Crippen LogP contribution is 2.19. The lowest BCUT2D eigenvalue weighted by atomic mass is 10.0. The van der Waals surface area contributed by atoms with Crippen LogP contribution in [0.3, 0.4) is 0 Å². The minimum absolute atomic E-state index is 0.00869. The lowest BCUT2D eigenvalue weighted by Gasteiger charge is -2.13. The van der Waals surface area contributed by atoms with Crippen LogP contribution in [0.15, 0.2) is 24.3 Å². The van der Waals surface area contributed by atoms with Crippen molar-refractivity contribution < 1.29 is 9.53 Å². The van der Waals surface area contributed by atoms with Crippen LogP contribution in [-0.4, -0.2) is 17.8 Å². The zero-order chi connectivity index (χ0) is 12.1. The largest absolute Gasteiger partial charge is 0.483 e. The molecule has 0 bridgehead atoms. The summed E-state index contributed by atoms with van der Waals surface area (Å²) in [5.74, 6) is 1.09. The van der Waals surface area contributed by atoms with Gasteiger partial charge >= 0.3 is 0 Å². The molecule has 16 heavy (non-hydrogen) atoms. The molecule has 2 nitrogen and oxygen atoms in total. The van der Waals surface area contributed by atoms with Gasteiger partial charge in [-0.1, -0.05) is 26.0 Å². The maximum Gasteiger partial charge on any atom is 0.187 e. The van der Waals surface area contributed by atoms with Crippen molar-refractivity contribution in [1.82, 2.24) is 0 Å². The van der Waals surface area contributed by atoms with Crippen molar-refractivity contribution in [3.05, 3.63) is 29.8 Å². The quantitative estimate of drug-likeness (QED) is 0.738. The van der Waals surface area contributed by atoms with Crippen LogP contribution in [0.1, 0.15) is 32.3 Å². The first-order valence-electron chi connectivity index (χ1n) is 5.40. The van der Waals surface area contributed by atoms with Gasteiger partial charge in [-0.2, -0.15) is 0 Å². The van der Waals surface area contributed by atoms with Crippen molar-refractivity contribution in [1.29, 1.82) is 0 Å². The van der Waals surface area contributed by atoms with Gasteiger partial charge in [0.15, 0.2) is 11.9 Å². The van der Waals surface area contributed by atoms with Crippen LogP contribution in [-0.2, 0) is 4.79 Å². The second-order valence-corrected chi connectivity index (χ2v) is 4.35. The second-order valence-electron chi connectivity index (χ2n) is 4.08. The third kappa shape index (κ3) is 3.53. The number of ether oxygens (including phenoxy) is 1. The van der Waals surface area contributed by atoms with Gasteiger partial charge < -0.3 is 4.74 Å². The van der Waals surface area contributed by atoms with Gasteiger partial charge in [0.1, 0.15) is 5.75 Å². The Morgan fingerprint density at radius 1 is 1.25 bits per heavy atom. The summed E-state index contributed by atoms with van der Waals surface area (Å²) in [5, 5.41) is 0. The van der Waals surface area contributed by atoms with E-state index in [1.807, 2.05) is 24.3 Å². The Labute approximate surface area is 102 Å². The molecule has 0 heterocycles. The van der Waals surface area contributed by atoms with E-state index in [4.69, 9.17) is 16.3 Å². The summed E-state index contributed by atoms with van der Waals surface area (Å²) < 4.78 is 5.47. The smallest absolute Gasteiger partial charge is 0.187 e. The summed E-state index contributed by atoms with van der Waals surface area (Å²) in [4.78, 5) is 11.2. The zero-order valence-electron chi connectivity index (χ0n) is 9.87. The van der Waals surface area contributed by atoms with E-state index >= 15 is 0 Å². The fourth-order valence-corrected chi connectivity index (χ4v) is 1.53. The first-order valence-corrected chi connectivity index (χ1v) is 5.93. The van der Waals surface area contributed by atoms with Gasteiger partial charge in [0, 0.05) is 0 Å². The van der Waals surface area contributed by atoms with Crippen molar-refractivity contribution in [2.24, 2.45) is 0 Å². The molecule has 0 radical (unpaired) electrons. The van der Waals surface area contributed by atoms with E-state index in [-0.39, 0.29) is 11.7 Å². The Bertz CT molecular complexity index is 343. The zero-order valence-corrected chi connectivity index (χ0v) is 10.6. The van der Waals surface area contributed by atoms with Gasteiger partial charge in [0.2, 0.25) is 0 Å². The minimum atomic E-state index is -0.484. The Hall–Kier alpha value is -1.02. The number of ketones is 1. The molecule has 0 aliphatic carbocycles. The summed E-state index contributed by atoms with van der Waals surface area (Å²) in [5.41, 5.74) is 1.25. The Morgan fingerprint density at radius 2 is 1.81 bits per heavy atom. The van der Waals surface area contributed by atoms with Gasteiger partial charge in [0.25, 0.3) is 0 Å². The van der Waals surface area contributed by atoms with Crippen LogP contribution < -0.4 is 4.74 Å². The molecule has 1 unspecified atom stereocenters. The van der Waals surface area contributed by atoms with E-state index in [0.29, 0.717) is 11.7 Å². The molecule has 0 aliphatic heterocycles. The molecular weight excluding hydrogens is 224 g/mol. The maximum absolute atomic E-state index is 11.2. The molecule has 1 rings (SSSR count). The first kappa shape index (κ1) is 13.0. The summed E-state index contributed by atoms with van der Waals surface area (Å²) in [6.45, 7) is 5.98. The van der Waals surface area contributed by atoms with Crippen LogP contribution >= 0.6 is 11.6 Å². The number of hydrogen-bond donors (Lipinski definition) is 0. The topological polar surface area (TPSA) is 26.3 Å². The normalized spacial score (nSPS) is 12.6. The summed E-state index contributed by atoms with van der Waals surface area (Å²) in [6.07, 6.45) is -0.484. The highest BCUT2D eigenvalue weighted by molar-refractivity contribution is 6.28. The van der Waals surface area contributed by atoms with Crippen LogP contribution in [0.25, 0.3) is 0 Å². The number of carbonyl (C=O) groups is 1. The van der Waals surface area contributed by atoms with E-state index in [1.165, 1.54) is 5.56 Å². The maximum atomic E-state index is 11.2. The molecule has 0 spiro atoms. The van der Waals surface area contributed by atoms with Gasteiger partial charge in [0.05, 0.1) is 5.88 Å². The van der Waals surface area contributed by atoms with E-state index in [0.717, 1.165) is 0 Å². The van der Waals surface area contributed by atoms with E-state index in [1.54, 1.807) is 6.92 Å². The third-order valence-electron chi connectivity index (χ3n) is 2.44. The molecule has 3 heteroatoms. The van der Waals surface area contributed by atoms with E-state index in [9.17, 15) is 4.79 Å². The molecule has 0 amide bonds. The molecule has 1 aromatic carbocycles. The molecule has 0 aliphatic rings. The molecule has 0 saturated carbocycles. The number of alkyl halides is 1. The number of carbonyl (C=O) groups excluding carboxylic acids is 1. The Balaban J connectivity index is 2.65. The molecule has 88 valence electrons. The lowest BCUT2D eigenvalue weighted by Crippen LogP contribution is -2.24. The van der Waals surface area contributed by atoms with Crippen molar-refractivity contribution in [3.8, 4) is 5.75 Å². The molecule has 0 fully saturated rings. The third-order valence-corrected chi connectivity index (χ3v) is 2.71. The van der Waals surface area contributed by atoms with Gasteiger partial charge in [-0.25, -0.2) is 0 Å². The van der Waals surface area contributed by atoms with E-state index in [2.05, 4.69) is 13.8 Å². The lowest BCUT2D eigenvalue weighted by molar-refractivity contribution is -0.122. The molecule has 1 atom stereocenters. The number of halogens is 1. The fourth-order valence-electron chi connectivity index (χ4n) is 1.31. The molecule has 0 N–H and O–H groups in total. The van der Waals surface area contributed by atoms with Crippen molar-refractivity contribution in [2.75, 3.05) is 5.88 Å². The Morgan fingerprint density at radius 3 is 2.25 bits per heavy atom. The number of hydrogen-bond acceptors (Lipinski definition) is 2. The summed E-state index contributed by atoms with van der Waals surface area (Å²) in [7, 11) is 0. The van der Waals surface area contributed by atoms with Gasteiger partial charge in [-0.15, -0.1) is 11.6 Å². The predicted molar refractivity (Wildman–Crippen MR) is 66.3 cm³/mol. The monoisotopic (exact) mass is 240 g/mol. The SMILES string of the molecule is CC(Oc1ccc(C(C)C)cc1)C(=O)CCl. The molecule has 0 saturated heterocycles. The van der Waals surface area contributed by atoms with Crippen molar-refractivity contribution in [3.63, 3.8) is 0 Å². The van der Waals surface area contributed by atoms with Crippen LogP contribution in [0.4, 0.5) is 0 Å². The summed E-state index contributed by atoms with van der Waals surface area (Å²) >= 11 is 5.45. The van der Waals surface area contributed by atoms with Crippen molar-refractivity contribution >= 4 is 17.4 Å². The predicted octanol–water partition coefficient (Wildman–Crippen LogP) is 3.39. The fraction of sp³-hybridized carbons (Fsp3) is 0.462. The molecular formula is C13H17ClO2. The average molecular weight is 241 g/mol. The second kappa shape index (κ2) is 5.90. The molecule has 0 aromatic heterocycles. The molecule has 1 aromatic rings. The van der Waals surface area contributed by atoms with Gasteiger partial charge in [-0.05, 0) is 30.5 Å². The highest BCUT2D eigenvalue weighted by Gasteiger charge is 2.12. The Kier molecular flexibility index (Phi) is 4.81. The standard InChI is InChI=1S/C13H17ClO2/c1-9(2)11-4-6-12(7-5-11)16-10(3)13(15)8-14/h4-7,9-10H,8H2,1-3H3. The first-order chi connectivity index (χ1) is 7.54.